The fourth-order valence-corrected chi connectivity index (χ4v) is 3.66. The van der Waals surface area contributed by atoms with E-state index in [1.807, 2.05) is 30.5 Å². The molecule has 9 heteroatoms. The third-order valence-electron chi connectivity index (χ3n) is 5.68. The molecule has 0 saturated heterocycles. The average Bonchev–Trinajstić information content (AvgIpc) is 2.83. The molecule has 3 rings (SSSR count). The number of hydrogen-bond donors (Lipinski definition) is 1. The van der Waals surface area contributed by atoms with Gasteiger partial charge in [0.05, 0.1) is 0 Å². The summed E-state index contributed by atoms with van der Waals surface area (Å²) in [5, 5.41) is 9.25. The summed E-state index contributed by atoms with van der Waals surface area (Å²) in [4.78, 5) is 18.0. The van der Waals surface area contributed by atoms with Gasteiger partial charge < -0.3 is 19.5 Å². The van der Waals surface area contributed by atoms with Crippen LogP contribution in [0.1, 0.15) is 43.9 Å². The van der Waals surface area contributed by atoms with Gasteiger partial charge in [0.25, 0.3) is 0 Å². The summed E-state index contributed by atoms with van der Waals surface area (Å²) in [6.07, 6.45) is -0.276. The second kappa shape index (κ2) is 12.0. The van der Waals surface area contributed by atoms with E-state index in [-0.39, 0.29) is 5.75 Å². The molecule has 0 aliphatic rings. The van der Waals surface area contributed by atoms with Crippen LogP contribution < -0.4 is 14.4 Å². The smallest absolute Gasteiger partial charge is 0.478 e. The topological polar surface area (TPSA) is 71.9 Å². The minimum absolute atomic E-state index is 0.266. The van der Waals surface area contributed by atoms with E-state index in [1.165, 1.54) is 26.0 Å². The highest BCUT2D eigenvalue weighted by Crippen LogP contribution is 2.25. The summed E-state index contributed by atoms with van der Waals surface area (Å²) < 4.78 is 47.0. The summed E-state index contributed by atoms with van der Waals surface area (Å²) in [5.74, 6) is -0.0955. The number of carboxylic acid groups (broad SMARTS) is 1. The van der Waals surface area contributed by atoms with Gasteiger partial charge in [-0.1, -0.05) is 43.7 Å². The molecule has 2 aromatic carbocycles. The maximum absolute atomic E-state index is 12.5. The number of hydrogen-bond acceptors (Lipinski definition) is 5. The van der Waals surface area contributed by atoms with Crippen molar-refractivity contribution in [3.63, 3.8) is 0 Å². The largest absolute Gasteiger partial charge is 0.573 e. The SMILES string of the molecule is CCCc1ccc(N(CCc2ccc(OC(C)(C)C(=O)O)cc2)Cc2ccc(OC(F)(F)F)cc2)nc1. The molecule has 0 spiro atoms. The van der Waals surface area contributed by atoms with Crippen LogP contribution in [0.4, 0.5) is 19.0 Å². The van der Waals surface area contributed by atoms with E-state index in [9.17, 15) is 23.1 Å². The molecule has 0 bridgehead atoms. The van der Waals surface area contributed by atoms with Crippen LogP contribution in [0.2, 0.25) is 0 Å². The summed E-state index contributed by atoms with van der Waals surface area (Å²) in [6.45, 7) is 6.12. The van der Waals surface area contributed by atoms with Crippen LogP contribution in [-0.4, -0.2) is 34.6 Å². The van der Waals surface area contributed by atoms with Crippen LogP contribution >= 0.6 is 0 Å². The summed E-state index contributed by atoms with van der Waals surface area (Å²) >= 11 is 0. The van der Waals surface area contributed by atoms with Crippen LogP contribution in [0.25, 0.3) is 0 Å². The maximum atomic E-state index is 12.5. The first kappa shape index (κ1) is 27.8. The van der Waals surface area contributed by atoms with E-state index < -0.39 is 17.9 Å². The van der Waals surface area contributed by atoms with E-state index in [0.29, 0.717) is 25.3 Å². The number of anilines is 1. The fraction of sp³-hybridized carbons (Fsp3) is 0.357. The van der Waals surface area contributed by atoms with Gasteiger partial charge in [0.1, 0.15) is 17.3 Å². The lowest BCUT2D eigenvalue weighted by Gasteiger charge is -2.25. The Morgan fingerprint density at radius 3 is 1.95 bits per heavy atom. The molecule has 3 aromatic rings. The highest BCUT2D eigenvalue weighted by Gasteiger charge is 2.31. The summed E-state index contributed by atoms with van der Waals surface area (Å²) in [5.41, 5.74) is 1.63. The van der Waals surface area contributed by atoms with Gasteiger partial charge in [0, 0.05) is 19.3 Å². The Balaban J connectivity index is 1.73. The van der Waals surface area contributed by atoms with E-state index in [0.717, 1.165) is 35.3 Å². The number of pyridine rings is 1. The number of alkyl halides is 3. The minimum Gasteiger partial charge on any atom is -0.478 e. The lowest BCUT2D eigenvalue weighted by molar-refractivity contribution is -0.274. The lowest BCUT2D eigenvalue weighted by Crippen LogP contribution is -2.37. The standard InChI is InChI=1S/C28H31F3N2O4/c1-4-5-21-10-15-25(32-18-21)33(19-22-8-13-24(14-9-22)37-28(29,30)31)17-16-20-6-11-23(12-7-20)36-27(2,3)26(34)35/h6-15,18H,4-5,16-17,19H2,1-3H3,(H,34,35). The van der Waals surface area contributed by atoms with Crippen LogP contribution in [0.15, 0.2) is 66.9 Å². The predicted molar refractivity (Wildman–Crippen MR) is 135 cm³/mol. The number of aromatic nitrogens is 1. The second-order valence-corrected chi connectivity index (χ2v) is 9.20. The van der Waals surface area contributed by atoms with Crippen LogP contribution in [0, 0.1) is 0 Å². The number of aliphatic carboxylic acids is 1. The van der Waals surface area contributed by atoms with Crippen molar-refractivity contribution in [1.29, 1.82) is 0 Å². The summed E-state index contributed by atoms with van der Waals surface area (Å²) in [6, 6.07) is 17.0. The molecule has 0 unspecified atom stereocenters. The Morgan fingerprint density at radius 1 is 0.865 bits per heavy atom. The van der Waals surface area contributed by atoms with Crippen molar-refractivity contribution in [1.82, 2.24) is 4.98 Å². The number of nitrogens with zero attached hydrogens (tertiary/aromatic N) is 2. The maximum Gasteiger partial charge on any atom is 0.573 e. The highest BCUT2D eigenvalue weighted by molar-refractivity contribution is 5.76. The van der Waals surface area contributed by atoms with Crippen molar-refractivity contribution in [2.45, 2.75) is 58.5 Å². The van der Waals surface area contributed by atoms with Crippen molar-refractivity contribution in [3.05, 3.63) is 83.6 Å². The van der Waals surface area contributed by atoms with Crippen LogP contribution in [0.3, 0.4) is 0 Å². The third kappa shape index (κ3) is 8.70. The first-order chi connectivity index (χ1) is 17.4. The molecule has 0 aliphatic heterocycles. The zero-order valence-electron chi connectivity index (χ0n) is 21.1. The zero-order valence-corrected chi connectivity index (χ0v) is 21.1. The Kier molecular flexibility index (Phi) is 9.02. The molecule has 0 atom stereocenters. The lowest BCUT2D eigenvalue weighted by atomic mass is 10.1. The molecule has 1 N–H and O–H groups in total. The molecule has 198 valence electrons. The molecular weight excluding hydrogens is 485 g/mol. The van der Waals surface area contributed by atoms with Crippen molar-refractivity contribution in [3.8, 4) is 11.5 Å². The quantitative estimate of drug-likeness (QED) is 0.299. The molecule has 0 saturated carbocycles. The first-order valence-corrected chi connectivity index (χ1v) is 12.0. The Labute approximate surface area is 214 Å². The Hall–Kier alpha value is -3.75. The molecule has 1 aromatic heterocycles. The Bertz CT molecular complexity index is 1150. The van der Waals surface area contributed by atoms with E-state index in [4.69, 9.17) is 4.74 Å². The number of ether oxygens (including phenoxy) is 2. The van der Waals surface area contributed by atoms with Gasteiger partial charge in [-0.05, 0) is 73.7 Å². The van der Waals surface area contributed by atoms with Gasteiger partial charge in [0.2, 0.25) is 0 Å². The van der Waals surface area contributed by atoms with Crippen molar-refractivity contribution >= 4 is 11.8 Å². The number of rotatable bonds is 12. The minimum atomic E-state index is -4.73. The molecule has 0 amide bonds. The van der Waals surface area contributed by atoms with Gasteiger partial charge in [-0.15, -0.1) is 13.2 Å². The number of benzene rings is 2. The fourth-order valence-electron chi connectivity index (χ4n) is 3.66. The van der Waals surface area contributed by atoms with E-state index >= 15 is 0 Å². The normalized spacial score (nSPS) is 11.7. The van der Waals surface area contributed by atoms with Gasteiger partial charge in [0.15, 0.2) is 5.60 Å². The van der Waals surface area contributed by atoms with Crippen LogP contribution in [-0.2, 0) is 24.2 Å². The zero-order chi connectivity index (χ0) is 27.1. The number of aryl methyl sites for hydroxylation is 1. The predicted octanol–water partition coefficient (Wildman–Crippen LogP) is 6.42. The average molecular weight is 517 g/mol. The van der Waals surface area contributed by atoms with E-state index in [1.54, 1.807) is 24.3 Å². The van der Waals surface area contributed by atoms with Crippen molar-refractivity contribution in [2.24, 2.45) is 0 Å². The highest BCUT2D eigenvalue weighted by atomic mass is 19.4. The molecular formula is C28H31F3N2O4. The number of carbonyl (C=O) groups is 1. The molecule has 0 aliphatic carbocycles. The van der Waals surface area contributed by atoms with Gasteiger partial charge in [-0.3, -0.25) is 0 Å². The molecule has 6 nitrogen and oxygen atoms in total. The molecule has 37 heavy (non-hydrogen) atoms. The number of carboxylic acids is 1. The molecule has 0 radical (unpaired) electrons. The summed E-state index contributed by atoms with van der Waals surface area (Å²) in [7, 11) is 0. The first-order valence-electron chi connectivity index (χ1n) is 12.0. The molecule has 0 fully saturated rings. The van der Waals surface area contributed by atoms with Crippen molar-refractivity contribution in [2.75, 3.05) is 11.4 Å². The number of halogens is 3. The van der Waals surface area contributed by atoms with Crippen LogP contribution in [0.5, 0.6) is 11.5 Å². The second-order valence-electron chi connectivity index (χ2n) is 9.20. The van der Waals surface area contributed by atoms with E-state index in [2.05, 4.69) is 21.5 Å². The third-order valence-corrected chi connectivity index (χ3v) is 5.68. The molecule has 1 heterocycles. The Morgan fingerprint density at radius 2 is 1.43 bits per heavy atom. The van der Waals surface area contributed by atoms with Gasteiger partial charge in [-0.2, -0.15) is 0 Å². The van der Waals surface area contributed by atoms with Crippen molar-refractivity contribution < 1.29 is 32.5 Å². The van der Waals surface area contributed by atoms with Gasteiger partial charge in [-0.25, -0.2) is 9.78 Å². The monoisotopic (exact) mass is 516 g/mol. The van der Waals surface area contributed by atoms with Gasteiger partial charge >= 0.3 is 12.3 Å².